The number of rotatable bonds is 4. The first-order valence-electron chi connectivity index (χ1n) is 7.65. The second-order valence-corrected chi connectivity index (χ2v) is 5.74. The molecule has 4 nitrogen and oxygen atoms in total. The molecule has 0 spiro atoms. The number of nitrogens with zero attached hydrogens (tertiary/aromatic N) is 1. The van der Waals surface area contributed by atoms with Crippen molar-refractivity contribution in [1.82, 2.24) is 15.3 Å². The molecule has 1 heterocycles. The number of aromatic nitrogens is 2. The van der Waals surface area contributed by atoms with Crippen molar-refractivity contribution in [2.24, 2.45) is 0 Å². The van der Waals surface area contributed by atoms with E-state index in [4.69, 9.17) is 0 Å². The minimum absolute atomic E-state index is 0.218. The van der Waals surface area contributed by atoms with Crippen molar-refractivity contribution in [3.8, 4) is 0 Å². The minimum atomic E-state index is -0.614. The summed E-state index contributed by atoms with van der Waals surface area (Å²) in [6.07, 6.45) is 0. The number of benzene rings is 2. The van der Waals surface area contributed by atoms with Crippen molar-refractivity contribution in [1.29, 1.82) is 0 Å². The number of fused-ring (bicyclic) bond motifs is 1. The Labute approximate surface area is 137 Å². The number of aromatic amines is 1. The molecule has 2 atom stereocenters. The second kappa shape index (κ2) is 6.49. The molecule has 1 aromatic heterocycles. The van der Waals surface area contributed by atoms with Crippen molar-refractivity contribution >= 4 is 10.9 Å². The first-order valence-corrected chi connectivity index (χ1v) is 7.65. The van der Waals surface area contributed by atoms with E-state index in [1.54, 1.807) is 25.1 Å². The van der Waals surface area contributed by atoms with E-state index in [0.717, 1.165) is 6.07 Å². The summed E-state index contributed by atoms with van der Waals surface area (Å²) in [4.78, 5) is 19.3. The summed E-state index contributed by atoms with van der Waals surface area (Å²) in [5, 5.41) is 3.69. The first kappa shape index (κ1) is 16.3. The smallest absolute Gasteiger partial charge is 0.258 e. The molecule has 0 fully saturated rings. The molecule has 0 aliphatic rings. The molecular formula is C18H17F2N3O. The zero-order chi connectivity index (χ0) is 17.3. The van der Waals surface area contributed by atoms with Gasteiger partial charge in [0.25, 0.3) is 5.56 Å². The van der Waals surface area contributed by atoms with Crippen LogP contribution >= 0.6 is 0 Å². The van der Waals surface area contributed by atoms with Crippen LogP contribution in [0.5, 0.6) is 0 Å². The van der Waals surface area contributed by atoms with Crippen LogP contribution in [0.1, 0.15) is 37.3 Å². The van der Waals surface area contributed by atoms with Gasteiger partial charge in [0, 0.05) is 17.7 Å². The van der Waals surface area contributed by atoms with Crippen LogP contribution < -0.4 is 10.9 Å². The van der Waals surface area contributed by atoms with Crippen molar-refractivity contribution in [2.75, 3.05) is 0 Å². The largest absolute Gasteiger partial charge is 0.309 e. The summed E-state index contributed by atoms with van der Waals surface area (Å²) < 4.78 is 26.9. The average Bonchev–Trinajstić information content (AvgIpc) is 2.54. The Balaban J connectivity index is 1.86. The molecule has 0 saturated heterocycles. The molecule has 6 heteroatoms. The minimum Gasteiger partial charge on any atom is -0.309 e. The van der Waals surface area contributed by atoms with E-state index in [9.17, 15) is 13.6 Å². The molecule has 0 bridgehead atoms. The quantitative estimate of drug-likeness (QED) is 0.769. The van der Waals surface area contributed by atoms with Gasteiger partial charge in [0.1, 0.15) is 17.5 Å². The maximum atomic E-state index is 13.9. The van der Waals surface area contributed by atoms with Gasteiger partial charge in [-0.3, -0.25) is 4.79 Å². The fourth-order valence-corrected chi connectivity index (χ4v) is 2.71. The number of nitrogens with one attached hydrogen (secondary N) is 2. The van der Waals surface area contributed by atoms with Crippen molar-refractivity contribution < 1.29 is 8.78 Å². The van der Waals surface area contributed by atoms with Gasteiger partial charge in [0.2, 0.25) is 0 Å². The molecule has 2 N–H and O–H groups in total. The number of hydrogen-bond donors (Lipinski definition) is 2. The van der Waals surface area contributed by atoms with Crippen LogP contribution in [0.4, 0.5) is 8.78 Å². The van der Waals surface area contributed by atoms with Gasteiger partial charge in [-0.15, -0.1) is 0 Å². The first-order chi connectivity index (χ1) is 11.5. The van der Waals surface area contributed by atoms with Gasteiger partial charge in [-0.05, 0) is 32.0 Å². The van der Waals surface area contributed by atoms with Gasteiger partial charge in [-0.1, -0.05) is 18.2 Å². The van der Waals surface area contributed by atoms with E-state index in [1.807, 2.05) is 13.0 Å². The summed E-state index contributed by atoms with van der Waals surface area (Å²) in [5.74, 6) is -0.757. The third kappa shape index (κ3) is 3.19. The van der Waals surface area contributed by atoms with Gasteiger partial charge in [-0.25, -0.2) is 13.8 Å². The highest BCUT2D eigenvalue weighted by atomic mass is 19.1. The Hall–Kier alpha value is -2.60. The van der Waals surface area contributed by atoms with Crippen LogP contribution in [0.25, 0.3) is 10.9 Å². The van der Waals surface area contributed by atoms with Crippen LogP contribution in [-0.2, 0) is 0 Å². The Morgan fingerprint density at radius 3 is 2.58 bits per heavy atom. The SMILES string of the molecule is C[C@H](N[C@@H](C)c1ccc(F)cc1F)c1nc2ccccc2c(=O)[nH]1. The van der Waals surface area contributed by atoms with Gasteiger partial charge in [-0.2, -0.15) is 0 Å². The Kier molecular flexibility index (Phi) is 4.40. The van der Waals surface area contributed by atoms with Gasteiger partial charge in [0.15, 0.2) is 0 Å². The van der Waals surface area contributed by atoms with Gasteiger partial charge in [0.05, 0.1) is 16.9 Å². The monoisotopic (exact) mass is 329 g/mol. The molecule has 124 valence electrons. The van der Waals surface area contributed by atoms with E-state index < -0.39 is 11.6 Å². The third-order valence-corrected chi connectivity index (χ3v) is 3.97. The molecule has 3 aromatic rings. The van der Waals surface area contributed by atoms with Crippen molar-refractivity contribution in [3.05, 3.63) is 75.8 Å². The van der Waals surface area contributed by atoms with E-state index >= 15 is 0 Å². The summed E-state index contributed by atoms with van der Waals surface area (Å²) in [7, 11) is 0. The zero-order valence-corrected chi connectivity index (χ0v) is 13.3. The van der Waals surface area contributed by atoms with Gasteiger partial charge < -0.3 is 10.3 Å². The fraction of sp³-hybridized carbons (Fsp3) is 0.222. The molecular weight excluding hydrogens is 312 g/mol. The third-order valence-electron chi connectivity index (χ3n) is 3.97. The highest BCUT2D eigenvalue weighted by Crippen LogP contribution is 2.21. The lowest BCUT2D eigenvalue weighted by Crippen LogP contribution is -2.26. The van der Waals surface area contributed by atoms with Crippen LogP contribution in [0.15, 0.2) is 47.3 Å². The fourth-order valence-electron chi connectivity index (χ4n) is 2.71. The van der Waals surface area contributed by atoms with Crippen LogP contribution in [0, 0.1) is 11.6 Å². The van der Waals surface area contributed by atoms with Crippen LogP contribution in [0.2, 0.25) is 0 Å². The average molecular weight is 329 g/mol. The van der Waals surface area contributed by atoms with Gasteiger partial charge >= 0.3 is 0 Å². The molecule has 0 aliphatic carbocycles. The Morgan fingerprint density at radius 2 is 1.83 bits per heavy atom. The van der Waals surface area contributed by atoms with Crippen LogP contribution in [-0.4, -0.2) is 9.97 Å². The lowest BCUT2D eigenvalue weighted by Gasteiger charge is -2.20. The second-order valence-electron chi connectivity index (χ2n) is 5.74. The summed E-state index contributed by atoms with van der Waals surface area (Å²) >= 11 is 0. The normalized spacial score (nSPS) is 13.8. The predicted molar refractivity (Wildman–Crippen MR) is 88.7 cm³/mol. The zero-order valence-electron chi connectivity index (χ0n) is 13.3. The summed E-state index contributed by atoms with van der Waals surface area (Å²) in [5.41, 5.74) is 0.738. The predicted octanol–water partition coefficient (Wildman–Crippen LogP) is 3.61. The molecule has 0 saturated carbocycles. The van der Waals surface area contributed by atoms with E-state index in [2.05, 4.69) is 15.3 Å². The van der Waals surface area contributed by atoms with E-state index in [1.165, 1.54) is 12.1 Å². The molecule has 2 aromatic carbocycles. The van der Waals surface area contributed by atoms with E-state index in [0.29, 0.717) is 22.3 Å². The molecule has 0 radical (unpaired) electrons. The molecule has 24 heavy (non-hydrogen) atoms. The summed E-state index contributed by atoms with van der Waals surface area (Å²) in [6.45, 7) is 3.59. The van der Waals surface area contributed by atoms with E-state index in [-0.39, 0.29) is 17.6 Å². The highest BCUT2D eigenvalue weighted by molar-refractivity contribution is 5.77. The number of halogens is 2. The highest BCUT2D eigenvalue weighted by Gasteiger charge is 2.17. The maximum Gasteiger partial charge on any atom is 0.258 e. The molecule has 0 amide bonds. The van der Waals surface area contributed by atoms with Crippen molar-refractivity contribution in [3.63, 3.8) is 0 Å². The Bertz CT molecular complexity index is 939. The lowest BCUT2D eigenvalue weighted by molar-refractivity contribution is 0.457. The molecule has 3 rings (SSSR count). The topological polar surface area (TPSA) is 57.8 Å². The summed E-state index contributed by atoms with van der Waals surface area (Å²) in [6, 6.07) is 9.85. The van der Waals surface area contributed by atoms with Crippen LogP contribution in [0.3, 0.4) is 0 Å². The number of para-hydroxylation sites is 1. The Morgan fingerprint density at radius 1 is 1.08 bits per heavy atom. The number of hydrogen-bond acceptors (Lipinski definition) is 3. The van der Waals surface area contributed by atoms with Crippen molar-refractivity contribution in [2.45, 2.75) is 25.9 Å². The molecule has 0 aliphatic heterocycles. The standard InChI is InChI=1S/C18H17F2N3O/c1-10(13-8-7-12(19)9-15(13)20)21-11(2)17-22-16-6-4-3-5-14(16)18(24)23-17/h3-11,21H,1-2H3,(H,22,23,24)/t10-,11-/m0/s1. The number of H-pyrrole nitrogens is 1. The maximum absolute atomic E-state index is 13.9. The molecule has 0 unspecified atom stereocenters. The lowest BCUT2D eigenvalue weighted by atomic mass is 10.1.